The summed E-state index contributed by atoms with van der Waals surface area (Å²) in [6.07, 6.45) is 1.76. The van der Waals surface area contributed by atoms with Crippen molar-refractivity contribution in [1.82, 2.24) is 4.98 Å². The summed E-state index contributed by atoms with van der Waals surface area (Å²) in [5.41, 5.74) is 0.872. The maximum Gasteiger partial charge on any atom is 0.183 e. The number of nitrogens with zero attached hydrogens (tertiary/aromatic N) is 1. The van der Waals surface area contributed by atoms with Crippen LogP contribution in [0.3, 0.4) is 0 Å². The number of hydrogen-bond donors (Lipinski definition) is 1. The van der Waals surface area contributed by atoms with Crippen LogP contribution in [0.1, 0.15) is 6.92 Å². The number of anilines is 1. The van der Waals surface area contributed by atoms with Crippen LogP contribution in [0.4, 0.5) is 9.52 Å². The first kappa shape index (κ1) is 10.1. The van der Waals surface area contributed by atoms with E-state index in [0.717, 1.165) is 22.1 Å². The molecule has 0 aliphatic rings. The molecule has 0 spiro atoms. The lowest BCUT2D eigenvalue weighted by Crippen LogP contribution is -1.94. The summed E-state index contributed by atoms with van der Waals surface area (Å²) in [6.45, 7) is 2.86. The van der Waals surface area contributed by atoms with Gasteiger partial charge in [0.25, 0.3) is 0 Å². The second-order valence-corrected chi connectivity index (χ2v) is 4.10. The standard InChI is InChI=1S/C11H11FN2S/c1-2-13-11-14-7-10(15-11)8-4-3-5-9(12)6-8/h3-7H,2H2,1H3,(H,13,14). The molecule has 1 aromatic heterocycles. The summed E-state index contributed by atoms with van der Waals surface area (Å²) in [5, 5.41) is 4.00. The predicted molar refractivity (Wildman–Crippen MR) is 61.7 cm³/mol. The van der Waals surface area contributed by atoms with Gasteiger partial charge in [0.2, 0.25) is 0 Å². The van der Waals surface area contributed by atoms with Crippen LogP contribution in [0.2, 0.25) is 0 Å². The minimum atomic E-state index is -0.217. The molecule has 2 nitrogen and oxygen atoms in total. The fourth-order valence-corrected chi connectivity index (χ4v) is 2.16. The maximum atomic E-state index is 13.0. The van der Waals surface area contributed by atoms with Crippen LogP contribution in [0, 0.1) is 5.82 Å². The van der Waals surface area contributed by atoms with Crippen LogP contribution >= 0.6 is 11.3 Å². The summed E-state index contributed by atoms with van der Waals surface area (Å²) in [6, 6.07) is 6.54. The predicted octanol–water partition coefficient (Wildman–Crippen LogP) is 3.38. The van der Waals surface area contributed by atoms with Crippen molar-refractivity contribution in [2.24, 2.45) is 0 Å². The molecule has 0 radical (unpaired) electrons. The van der Waals surface area contributed by atoms with E-state index in [-0.39, 0.29) is 5.82 Å². The normalized spacial score (nSPS) is 10.3. The molecule has 4 heteroatoms. The fraction of sp³-hybridized carbons (Fsp3) is 0.182. The lowest BCUT2D eigenvalue weighted by molar-refractivity contribution is 0.628. The van der Waals surface area contributed by atoms with Gasteiger partial charge in [0, 0.05) is 12.7 Å². The molecule has 0 bridgehead atoms. The summed E-state index contributed by atoms with van der Waals surface area (Å²) in [4.78, 5) is 5.17. The van der Waals surface area contributed by atoms with Gasteiger partial charge in [-0.05, 0) is 24.6 Å². The first-order valence-corrected chi connectivity index (χ1v) is 5.57. The number of nitrogens with one attached hydrogen (secondary N) is 1. The average molecular weight is 222 g/mol. The fourth-order valence-electron chi connectivity index (χ4n) is 1.28. The average Bonchev–Trinajstić information content (AvgIpc) is 2.67. The zero-order valence-corrected chi connectivity index (χ0v) is 9.14. The molecule has 0 saturated heterocycles. The van der Waals surface area contributed by atoms with Crippen LogP contribution < -0.4 is 5.32 Å². The molecule has 1 heterocycles. The van der Waals surface area contributed by atoms with Crippen molar-refractivity contribution in [3.63, 3.8) is 0 Å². The van der Waals surface area contributed by atoms with E-state index in [1.807, 2.05) is 13.0 Å². The van der Waals surface area contributed by atoms with Crippen LogP contribution in [0.15, 0.2) is 30.5 Å². The Bertz CT molecular complexity index is 453. The first-order chi connectivity index (χ1) is 7.29. The molecule has 15 heavy (non-hydrogen) atoms. The Hall–Kier alpha value is -1.42. The van der Waals surface area contributed by atoms with Crippen LogP contribution in [-0.4, -0.2) is 11.5 Å². The molecule has 2 rings (SSSR count). The highest BCUT2D eigenvalue weighted by atomic mass is 32.1. The molecular formula is C11H11FN2S. The van der Waals surface area contributed by atoms with Gasteiger partial charge in [0.05, 0.1) is 4.88 Å². The van der Waals surface area contributed by atoms with E-state index < -0.39 is 0 Å². The van der Waals surface area contributed by atoms with Gasteiger partial charge in [-0.2, -0.15) is 0 Å². The molecule has 1 aromatic carbocycles. The number of aromatic nitrogens is 1. The second kappa shape index (κ2) is 4.40. The van der Waals surface area contributed by atoms with E-state index in [0.29, 0.717) is 0 Å². The van der Waals surface area contributed by atoms with E-state index in [4.69, 9.17) is 0 Å². The molecule has 1 N–H and O–H groups in total. The van der Waals surface area contributed by atoms with E-state index in [2.05, 4.69) is 10.3 Å². The highest BCUT2D eigenvalue weighted by Crippen LogP contribution is 2.28. The zero-order valence-electron chi connectivity index (χ0n) is 8.33. The molecule has 0 atom stereocenters. The van der Waals surface area contributed by atoms with Crippen LogP contribution in [0.25, 0.3) is 10.4 Å². The SMILES string of the molecule is CCNc1ncc(-c2cccc(F)c2)s1. The highest BCUT2D eigenvalue weighted by Gasteiger charge is 2.04. The van der Waals surface area contributed by atoms with Gasteiger partial charge in [0.1, 0.15) is 5.82 Å². The number of thiazole rings is 1. The number of halogens is 1. The summed E-state index contributed by atoms with van der Waals surface area (Å²) in [7, 11) is 0. The van der Waals surface area contributed by atoms with Gasteiger partial charge < -0.3 is 5.32 Å². The summed E-state index contributed by atoms with van der Waals surface area (Å²) >= 11 is 1.53. The largest absolute Gasteiger partial charge is 0.362 e. The van der Waals surface area contributed by atoms with Crippen molar-refractivity contribution in [1.29, 1.82) is 0 Å². The maximum absolute atomic E-state index is 13.0. The van der Waals surface area contributed by atoms with Gasteiger partial charge in [-0.3, -0.25) is 0 Å². The Kier molecular flexibility index (Phi) is 2.97. The minimum Gasteiger partial charge on any atom is -0.362 e. The first-order valence-electron chi connectivity index (χ1n) is 4.75. The molecule has 0 saturated carbocycles. The van der Waals surface area contributed by atoms with Gasteiger partial charge >= 0.3 is 0 Å². The van der Waals surface area contributed by atoms with Crippen LogP contribution in [0.5, 0.6) is 0 Å². The summed E-state index contributed by atoms with van der Waals surface area (Å²) in [5.74, 6) is -0.217. The number of rotatable bonds is 3. The molecule has 0 amide bonds. The van der Waals surface area contributed by atoms with Crippen molar-refractivity contribution in [2.45, 2.75) is 6.92 Å². The molecule has 0 unspecified atom stereocenters. The number of benzene rings is 1. The lowest BCUT2D eigenvalue weighted by atomic mass is 10.2. The van der Waals surface area contributed by atoms with E-state index in [1.54, 1.807) is 12.3 Å². The Morgan fingerprint density at radius 1 is 1.47 bits per heavy atom. The number of hydrogen-bond acceptors (Lipinski definition) is 3. The smallest absolute Gasteiger partial charge is 0.183 e. The minimum absolute atomic E-state index is 0.217. The van der Waals surface area contributed by atoms with E-state index in [1.165, 1.54) is 23.5 Å². The third kappa shape index (κ3) is 2.33. The summed E-state index contributed by atoms with van der Waals surface area (Å²) < 4.78 is 13.0. The molecular weight excluding hydrogens is 211 g/mol. The Labute approximate surface area is 91.8 Å². The van der Waals surface area contributed by atoms with Gasteiger partial charge in [0.15, 0.2) is 5.13 Å². The molecule has 78 valence electrons. The van der Waals surface area contributed by atoms with E-state index >= 15 is 0 Å². The topological polar surface area (TPSA) is 24.9 Å². The quantitative estimate of drug-likeness (QED) is 0.861. The lowest BCUT2D eigenvalue weighted by Gasteiger charge is -1.96. The highest BCUT2D eigenvalue weighted by molar-refractivity contribution is 7.18. The molecule has 2 aromatic rings. The van der Waals surface area contributed by atoms with Crippen molar-refractivity contribution in [3.8, 4) is 10.4 Å². The van der Waals surface area contributed by atoms with E-state index in [9.17, 15) is 4.39 Å². The molecule has 0 aliphatic heterocycles. The third-order valence-corrected chi connectivity index (χ3v) is 2.95. The monoisotopic (exact) mass is 222 g/mol. The Morgan fingerprint density at radius 3 is 3.07 bits per heavy atom. The van der Waals surface area contributed by atoms with Crippen molar-refractivity contribution in [3.05, 3.63) is 36.3 Å². The van der Waals surface area contributed by atoms with Crippen molar-refractivity contribution >= 4 is 16.5 Å². The van der Waals surface area contributed by atoms with Crippen molar-refractivity contribution in [2.75, 3.05) is 11.9 Å². The van der Waals surface area contributed by atoms with Gasteiger partial charge in [-0.1, -0.05) is 23.5 Å². The molecule has 0 aliphatic carbocycles. The molecule has 0 fully saturated rings. The Balaban J connectivity index is 2.29. The Morgan fingerprint density at radius 2 is 2.33 bits per heavy atom. The second-order valence-electron chi connectivity index (χ2n) is 3.07. The van der Waals surface area contributed by atoms with Crippen molar-refractivity contribution < 1.29 is 4.39 Å². The van der Waals surface area contributed by atoms with Gasteiger partial charge in [-0.25, -0.2) is 9.37 Å². The zero-order chi connectivity index (χ0) is 10.7. The third-order valence-electron chi connectivity index (χ3n) is 1.94. The van der Waals surface area contributed by atoms with Crippen LogP contribution in [-0.2, 0) is 0 Å². The van der Waals surface area contributed by atoms with Gasteiger partial charge in [-0.15, -0.1) is 0 Å².